The first kappa shape index (κ1) is 18.0. The van der Waals surface area contributed by atoms with Crippen molar-refractivity contribution in [2.24, 2.45) is 0 Å². The van der Waals surface area contributed by atoms with Crippen LogP contribution in [0.5, 0.6) is 0 Å². The molecule has 0 aliphatic carbocycles. The number of hydrogen-bond donors (Lipinski definition) is 1. The van der Waals surface area contributed by atoms with Crippen LogP contribution < -0.4 is 10.2 Å². The van der Waals surface area contributed by atoms with Crippen molar-refractivity contribution in [3.8, 4) is 5.69 Å². The van der Waals surface area contributed by atoms with Gasteiger partial charge < -0.3 is 10.2 Å². The van der Waals surface area contributed by atoms with Crippen LogP contribution in [0.3, 0.4) is 0 Å². The van der Waals surface area contributed by atoms with Crippen molar-refractivity contribution in [1.29, 1.82) is 0 Å². The normalized spacial score (nSPS) is 13.7. The Kier molecular flexibility index (Phi) is 5.19. The molecule has 4 rings (SSSR count). The molecule has 2 amide bonds. The molecule has 1 aromatic heterocycles. The van der Waals surface area contributed by atoms with Crippen LogP contribution >= 0.6 is 0 Å². The van der Waals surface area contributed by atoms with Crippen LogP contribution in [0.25, 0.3) is 5.69 Å². The zero-order valence-corrected chi connectivity index (χ0v) is 15.5. The fraction of sp³-hybridized carbons (Fsp3) is 0.227. The van der Waals surface area contributed by atoms with E-state index in [1.165, 1.54) is 0 Å². The van der Waals surface area contributed by atoms with Gasteiger partial charge in [-0.2, -0.15) is 5.10 Å². The second-order valence-corrected chi connectivity index (χ2v) is 6.84. The lowest BCUT2D eigenvalue weighted by atomic mass is 10.2. The van der Waals surface area contributed by atoms with Gasteiger partial charge in [-0.1, -0.05) is 30.3 Å². The fourth-order valence-electron chi connectivity index (χ4n) is 3.40. The predicted octanol–water partition coefficient (Wildman–Crippen LogP) is 3.57. The number of benzene rings is 2. The van der Waals surface area contributed by atoms with E-state index >= 15 is 0 Å². The fourth-order valence-corrected chi connectivity index (χ4v) is 3.40. The molecule has 1 fully saturated rings. The second kappa shape index (κ2) is 8.08. The van der Waals surface area contributed by atoms with Crippen LogP contribution in [0.15, 0.2) is 67.0 Å². The average Bonchev–Trinajstić information content (AvgIpc) is 3.37. The molecule has 0 saturated carbocycles. The number of anilines is 2. The topological polar surface area (TPSA) is 67.2 Å². The Morgan fingerprint density at radius 1 is 1.07 bits per heavy atom. The number of carbonyl (C=O) groups excluding carboxylic acids is 2. The summed E-state index contributed by atoms with van der Waals surface area (Å²) in [5, 5.41) is 7.32. The minimum absolute atomic E-state index is 0.0773. The Balaban J connectivity index is 1.38. The molecule has 6 heteroatoms. The standard InChI is InChI=1S/C22H22N4O2/c27-21(13-12-17-15-23-26(16-17)18-7-2-1-3-8-18)24-19-9-4-5-10-20(19)25-14-6-11-22(25)28/h1-5,7-10,15-16H,6,11-14H2,(H,24,27). The van der Waals surface area contributed by atoms with E-state index < -0.39 is 0 Å². The summed E-state index contributed by atoms with van der Waals surface area (Å²) >= 11 is 0. The lowest BCUT2D eigenvalue weighted by molar-refractivity contribution is -0.117. The van der Waals surface area contributed by atoms with Crippen molar-refractivity contribution in [3.05, 3.63) is 72.6 Å². The molecule has 1 aliphatic rings. The van der Waals surface area contributed by atoms with E-state index in [0.717, 1.165) is 23.4 Å². The Morgan fingerprint density at radius 3 is 2.64 bits per heavy atom. The van der Waals surface area contributed by atoms with Crippen LogP contribution in [0.2, 0.25) is 0 Å². The van der Waals surface area contributed by atoms with Crippen molar-refractivity contribution in [3.63, 3.8) is 0 Å². The van der Waals surface area contributed by atoms with E-state index in [0.29, 0.717) is 31.5 Å². The highest BCUT2D eigenvalue weighted by Crippen LogP contribution is 2.29. The van der Waals surface area contributed by atoms with Gasteiger partial charge in [0.25, 0.3) is 0 Å². The van der Waals surface area contributed by atoms with Gasteiger partial charge in [-0.25, -0.2) is 4.68 Å². The van der Waals surface area contributed by atoms with Gasteiger partial charge in [-0.05, 0) is 42.7 Å². The molecular formula is C22H22N4O2. The maximum atomic E-state index is 12.5. The quantitative estimate of drug-likeness (QED) is 0.717. The van der Waals surface area contributed by atoms with E-state index in [1.54, 1.807) is 11.1 Å². The molecule has 28 heavy (non-hydrogen) atoms. The lowest BCUT2D eigenvalue weighted by Crippen LogP contribution is -2.25. The monoisotopic (exact) mass is 374 g/mol. The molecule has 0 bridgehead atoms. The molecule has 0 radical (unpaired) electrons. The molecule has 1 aliphatic heterocycles. The predicted molar refractivity (Wildman–Crippen MR) is 109 cm³/mol. The number of amides is 2. The Hall–Kier alpha value is -3.41. The number of aromatic nitrogens is 2. The third-order valence-electron chi connectivity index (χ3n) is 4.84. The minimum Gasteiger partial charge on any atom is -0.324 e. The van der Waals surface area contributed by atoms with Crippen molar-refractivity contribution in [2.75, 3.05) is 16.8 Å². The minimum atomic E-state index is -0.0773. The first-order valence-corrected chi connectivity index (χ1v) is 9.49. The molecule has 0 unspecified atom stereocenters. The largest absolute Gasteiger partial charge is 0.324 e. The van der Waals surface area contributed by atoms with Gasteiger partial charge in [0.05, 0.1) is 23.3 Å². The van der Waals surface area contributed by atoms with Crippen LogP contribution in [0.1, 0.15) is 24.8 Å². The third kappa shape index (κ3) is 3.96. The molecule has 142 valence electrons. The van der Waals surface area contributed by atoms with E-state index in [1.807, 2.05) is 65.5 Å². The first-order valence-electron chi connectivity index (χ1n) is 9.49. The molecule has 2 aromatic carbocycles. The maximum Gasteiger partial charge on any atom is 0.227 e. The summed E-state index contributed by atoms with van der Waals surface area (Å²) in [7, 11) is 0. The second-order valence-electron chi connectivity index (χ2n) is 6.84. The van der Waals surface area contributed by atoms with Crippen molar-refractivity contribution < 1.29 is 9.59 Å². The number of nitrogens with one attached hydrogen (secondary N) is 1. The van der Waals surface area contributed by atoms with Crippen LogP contribution in [0, 0.1) is 0 Å². The smallest absolute Gasteiger partial charge is 0.227 e. The van der Waals surface area contributed by atoms with Gasteiger partial charge in [-0.15, -0.1) is 0 Å². The number of carbonyl (C=O) groups is 2. The molecular weight excluding hydrogens is 352 g/mol. The summed E-state index contributed by atoms with van der Waals surface area (Å²) in [4.78, 5) is 26.3. The van der Waals surface area contributed by atoms with Gasteiger partial charge in [-0.3, -0.25) is 9.59 Å². The summed E-state index contributed by atoms with van der Waals surface area (Å²) in [5.41, 5.74) is 3.45. The molecule has 0 atom stereocenters. The Bertz CT molecular complexity index is 981. The van der Waals surface area contributed by atoms with E-state index in [4.69, 9.17) is 0 Å². The first-order chi connectivity index (χ1) is 13.7. The highest BCUT2D eigenvalue weighted by atomic mass is 16.2. The SMILES string of the molecule is O=C(CCc1cnn(-c2ccccc2)c1)Nc1ccccc1N1CCCC1=O. The number of para-hydroxylation sites is 3. The van der Waals surface area contributed by atoms with Gasteiger partial charge >= 0.3 is 0 Å². The van der Waals surface area contributed by atoms with Gasteiger partial charge in [0, 0.05) is 25.6 Å². The summed E-state index contributed by atoms with van der Waals surface area (Å²) < 4.78 is 1.81. The van der Waals surface area contributed by atoms with Crippen LogP contribution in [-0.4, -0.2) is 28.1 Å². The molecule has 3 aromatic rings. The number of rotatable bonds is 6. The number of aryl methyl sites for hydroxylation is 1. The summed E-state index contributed by atoms with van der Waals surface area (Å²) in [5.74, 6) is 0.0292. The highest BCUT2D eigenvalue weighted by molar-refractivity contribution is 6.02. The van der Waals surface area contributed by atoms with Crippen molar-refractivity contribution >= 4 is 23.2 Å². The molecule has 1 saturated heterocycles. The van der Waals surface area contributed by atoms with E-state index in [2.05, 4.69) is 10.4 Å². The Labute approximate surface area is 163 Å². The van der Waals surface area contributed by atoms with Crippen LogP contribution in [0.4, 0.5) is 11.4 Å². The van der Waals surface area contributed by atoms with Gasteiger partial charge in [0.15, 0.2) is 0 Å². The molecule has 1 N–H and O–H groups in total. The highest BCUT2D eigenvalue weighted by Gasteiger charge is 2.24. The zero-order chi connectivity index (χ0) is 19.3. The third-order valence-corrected chi connectivity index (χ3v) is 4.84. The van der Waals surface area contributed by atoms with Gasteiger partial charge in [0.1, 0.15) is 0 Å². The van der Waals surface area contributed by atoms with Crippen molar-refractivity contribution in [2.45, 2.75) is 25.7 Å². The molecule has 0 spiro atoms. The van der Waals surface area contributed by atoms with Gasteiger partial charge in [0.2, 0.25) is 11.8 Å². The number of nitrogens with zero attached hydrogens (tertiary/aromatic N) is 3. The molecule has 2 heterocycles. The Morgan fingerprint density at radius 2 is 1.86 bits per heavy atom. The summed E-state index contributed by atoms with van der Waals surface area (Å²) in [6, 6.07) is 17.3. The average molecular weight is 374 g/mol. The van der Waals surface area contributed by atoms with E-state index in [-0.39, 0.29) is 11.8 Å². The van der Waals surface area contributed by atoms with Crippen molar-refractivity contribution in [1.82, 2.24) is 9.78 Å². The zero-order valence-electron chi connectivity index (χ0n) is 15.5. The maximum absolute atomic E-state index is 12.5. The summed E-state index contributed by atoms with van der Waals surface area (Å²) in [6.07, 6.45) is 6.10. The summed E-state index contributed by atoms with van der Waals surface area (Å²) in [6.45, 7) is 0.699. The van der Waals surface area contributed by atoms with E-state index in [9.17, 15) is 9.59 Å². The van der Waals surface area contributed by atoms with Crippen LogP contribution in [-0.2, 0) is 16.0 Å². The number of hydrogen-bond acceptors (Lipinski definition) is 3. The lowest BCUT2D eigenvalue weighted by Gasteiger charge is -2.19. The molecule has 6 nitrogen and oxygen atoms in total.